The number of nitrogens with one attached hydrogen (secondary N) is 1. The fourth-order valence-corrected chi connectivity index (χ4v) is 2.52. The fraction of sp³-hybridized carbons (Fsp3) is 0.316. The van der Waals surface area contributed by atoms with Crippen LogP contribution in [0.25, 0.3) is 0 Å². The minimum Gasteiger partial charge on any atom is -0.490 e. The standard InChI is InChI=1S/C19H22BrNO4/c1-4-23-16-11-13(12-17(24-5-2)18(16)25-6-3)19(22)21-15-9-7-14(20)8-10-15/h7-12H,4-6H2,1-3H3,(H,21,22). The number of benzene rings is 2. The van der Waals surface area contributed by atoms with Gasteiger partial charge in [-0.15, -0.1) is 0 Å². The summed E-state index contributed by atoms with van der Waals surface area (Å²) < 4.78 is 17.9. The van der Waals surface area contributed by atoms with Crippen LogP contribution in [-0.2, 0) is 0 Å². The van der Waals surface area contributed by atoms with Gasteiger partial charge in [-0.3, -0.25) is 4.79 Å². The monoisotopic (exact) mass is 407 g/mol. The van der Waals surface area contributed by atoms with Gasteiger partial charge in [-0.05, 0) is 57.2 Å². The second-order valence-corrected chi connectivity index (χ2v) is 5.98. The summed E-state index contributed by atoms with van der Waals surface area (Å²) in [6, 6.07) is 10.7. The first-order valence-corrected chi connectivity index (χ1v) is 9.01. The van der Waals surface area contributed by atoms with Gasteiger partial charge in [0, 0.05) is 15.7 Å². The van der Waals surface area contributed by atoms with Crippen LogP contribution < -0.4 is 19.5 Å². The molecule has 0 aliphatic carbocycles. The topological polar surface area (TPSA) is 56.8 Å². The second-order valence-electron chi connectivity index (χ2n) is 5.06. The molecule has 0 aromatic heterocycles. The van der Waals surface area contributed by atoms with Crippen molar-refractivity contribution in [3.05, 3.63) is 46.4 Å². The number of carbonyl (C=O) groups excluding carboxylic acids is 1. The van der Waals surface area contributed by atoms with Crippen molar-refractivity contribution >= 4 is 27.5 Å². The number of halogens is 1. The number of hydrogen-bond acceptors (Lipinski definition) is 4. The molecule has 0 spiro atoms. The van der Waals surface area contributed by atoms with Gasteiger partial charge in [-0.1, -0.05) is 15.9 Å². The molecule has 1 N–H and O–H groups in total. The van der Waals surface area contributed by atoms with Crippen LogP contribution in [0.2, 0.25) is 0 Å². The van der Waals surface area contributed by atoms with E-state index < -0.39 is 0 Å². The van der Waals surface area contributed by atoms with Crippen LogP contribution >= 0.6 is 15.9 Å². The van der Waals surface area contributed by atoms with Gasteiger partial charge in [0.1, 0.15) is 0 Å². The first kappa shape index (κ1) is 19.1. The smallest absolute Gasteiger partial charge is 0.255 e. The normalized spacial score (nSPS) is 10.2. The molecule has 2 aromatic rings. The van der Waals surface area contributed by atoms with Gasteiger partial charge in [-0.25, -0.2) is 0 Å². The number of rotatable bonds is 8. The SMILES string of the molecule is CCOc1cc(C(=O)Nc2ccc(Br)cc2)cc(OCC)c1OCC. The summed E-state index contributed by atoms with van der Waals surface area (Å²) in [7, 11) is 0. The third-order valence-corrected chi connectivity index (χ3v) is 3.80. The highest BCUT2D eigenvalue weighted by atomic mass is 79.9. The number of ether oxygens (including phenoxy) is 3. The highest BCUT2D eigenvalue weighted by molar-refractivity contribution is 9.10. The van der Waals surface area contributed by atoms with Crippen LogP contribution in [0, 0.1) is 0 Å². The van der Waals surface area contributed by atoms with Crippen LogP contribution in [0.5, 0.6) is 17.2 Å². The summed E-state index contributed by atoms with van der Waals surface area (Å²) in [4.78, 5) is 12.6. The zero-order chi connectivity index (χ0) is 18.2. The van der Waals surface area contributed by atoms with Crippen LogP contribution in [0.3, 0.4) is 0 Å². The Bertz CT molecular complexity index is 689. The van der Waals surface area contributed by atoms with E-state index in [9.17, 15) is 4.79 Å². The van der Waals surface area contributed by atoms with Crippen LogP contribution in [0.1, 0.15) is 31.1 Å². The van der Waals surface area contributed by atoms with Crippen molar-refractivity contribution in [1.29, 1.82) is 0 Å². The first-order valence-electron chi connectivity index (χ1n) is 8.22. The molecule has 0 aliphatic rings. The predicted octanol–water partition coefficient (Wildman–Crippen LogP) is 4.90. The Labute approximate surface area is 156 Å². The summed E-state index contributed by atoms with van der Waals surface area (Å²) >= 11 is 3.37. The molecular weight excluding hydrogens is 386 g/mol. The Morgan fingerprint density at radius 1 is 0.920 bits per heavy atom. The average Bonchev–Trinajstić information content (AvgIpc) is 2.60. The van der Waals surface area contributed by atoms with E-state index in [1.807, 2.05) is 45.0 Å². The quantitative estimate of drug-likeness (QED) is 0.675. The minimum atomic E-state index is -0.243. The Morgan fingerprint density at radius 3 is 1.92 bits per heavy atom. The molecule has 6 heteroatoms. The third-order valence-electron chi connectivity index (χ3n) is 3.27. The van der Waals surface area contributed by atoms with E-state index in [0.717, 1.165) is 4.47 Å². The van der Waals surface area contributed by atoms with E-state index >= 15 is 0 Å². The lowest BCUT2D eigenvalue weighted by atomic mass is 10.1. The molecule has 2 aromatic carbocycles. The van der Waals surface area contributed by atoms with Crippen LogP contribution in [-0.4, -0.2) is 25.7 Å². The summed E-state index contributed by atoms with van der Waals surface area (Å²) in [6.07, 6.45) is 0. The van der Waals surface area contributed by atoms with E-state index in [2.05, 4.69) is 21.2 Å². The van der Waals surface area contributed by atoms with Gasteiger partial charge < -0.3 is 19.5 Å². The van der Waals surface area contributed by atoms with Crippen LogP contribution in [0.4, 0.5) is 5.69 Å². The Hall–Kier alpha value is -2.21. The molecule has 0 aliphatic heterocycles. The van der Waals surface area contributed by atoms with Crippen molar-refractivity contribution in [3.63, 3.8) is 0 Å². The van der Waals surface area contributed by atoms with Crippen LogP contribution in [0.15, 0.2) is 40.9 Å². The zero-order valence-electron chi connectivity index (χ0n) is 14.6. The van der Waals surface area contributed by atoms with Crippen molar-refractivity contribution in [2.24, 2.45) is 0 Å². The second kappa shape index (κ2) is 9.32. The van der Waals surface area contributed by atoms with E-state index in [4.69, 9.17) is 14.2 Å². The summed E-state index contributed by atoms with van der Waals surface area (Å²) in [5, 5.41) is 2.86. The lowest BCUT2D eigenvalue weighted by molar-refractivity contribution is 0.102. The van der Waals surface area contributed by atoms with Gasteiger partial charge >= 0.3 is 0 Å². The summed E-state index contributed by atoms with van der Waals surface area (Å²) in [5.41, 5.74) is 1.15. The molecule has 0 atom stereocenters. The maximum Gasteiger partial charge on any atom is 0.255 e. The summed E-state index contributed by atoms with van der Waals surface area (Å²) in [6.45, 7) is 7.05. The highest BCUT2D eigenvalue weighted by Crippen LogP contribution is 2.39. The molecule has 0 radical (unpaired) electrons. The van der Waals surface area contributed by atoms with Gasteiger partial charge in [0.15, 0.2) is 11.5 Å². The molecule has 0 unspecified atom stereocenters. The maximum absolute atomic E-state index is 12.6. The lowest BCUT2D eigenvalue weighted by Crippen LogP contribution is -2.13. The molecule has 1 amide bonds. The van der Waals surface area contributed by atoms with Gasteiger partial charge in [-0.2, -0.15) is 0 Å². The number of carbonyl (C=O) groups is 1. The van der Waals surface area contributed by atoms with Crippen molar-refractivity contribution in [1.82, 2.24) is 0 Å². The van der Waals surface area contributed by atoms with Crippen molar-refractivity contribution in [2.45, 2.75) is 20.8 Å². The van der Waals surface area contributed by atoms with E-state index in [-0.39, 0.29) is 5.91 Å². The third kappa shape index (κ3) is 5.13. The van der Waals surface area contributed by atoms with Crippen molar-refractivity contribution in [3.8, 4) is 17.2 Å². The van der Waals surface area contributed by atoms with Gasteiger partial charge in [0.25, 0.3) is 5.91 Å². The minimum absolute atomic E-state index is 0.243. The molecule has 0 saturated heterocycles. The average molecular weight is 408 g/mol. The molecule has 0 saturated carbocycles. The molecule has 2 rings (SSSR count). The predicted molar refractivity (Wildman–Crippen MR) is 102 cm³/mol. The van der Waals surface area contributed by atoms with Crippen molar-refractivity contribution in [2.75, 3.05) is 25.1 Å². The largest absolute Gasteiger partial charge is 0.490 e. The summed E-state index contributed by atoms with van der Waals surface area (Å²) in [5.74, 6) is 1.27. The molecule has 25 heavy (non-hydrogen) atoms. The molecule has 134 valence electrons. The number of hydrogen-bond donors (Lipinski definition) is 1. The van der Waals surface area contributed by atoms with Crippen molar-refractivity contribution < 1.29 is 19.0 Å². The first-order chi connectivity index (χ1) is 12.1. The molecule has 0 bridgehead atoms. The Morgan fingerprint density at radius 2 is 1.44 bits per heavy atom. The molecule has 5 nitrogen and oxygen atoms in total. The van der Waals surface area contributed by atoms with E-state index in [1.54, 1.807) is 12.1 Å². The van der Waals surface area contributed by atoms with E-state index in [0.29, 0.717) is 48.3 Å². The molecule has 0 fully saturated rings. The Balaban J connectivity index is 2.34. The van der Waals surface area contributed by atoms with Gasteiger partial charge in [0.05, 0.1) is 19.8 Å². The molecular formula is C19H22BrNO4. The fourth-order valence-electron chi connectivity index (χ4n) is 2.26. The number of anilines is 1. The maximum atomic E-state index is 12.6. The Kier molecular flexibility index (Phi) is 7.13. The van der Waals surface area contributed by atoms with Gasteiger partial charge in [0.2, 0.25) is 5.75 Å². The van der Waals surface area contributed by atoms with E-state index in [1.165, 1.54) is 0 Å². The molecule has 0 heterocycles. The lowest BCUT2D eigenvalue weighted by Gasteiger charge is -2.17. The zero-order valence-corrected chi connectivity index (χ0v) is 16.2. The highest BCUT2D eigenvalue weighted by Gasteiger charge is 2.18. The number of amides is 1.